The van der Waals surface area contributed by atoms with E-state index < -0.39 is 6.29 Å². The van der Waals surface area contributed by atoms with Gasteiger partial charge in [-0.15, -0.1) is 0 Å². The molecule has 0 N–H and O–H groups in total. The molecular formula is C10H12Li2O2. The Morgan fingerprint density at radius 1 is 0.929 bits per heavy atom. The zero-order valence-electron chi connectivity index (χ0n) is 9.55. The normalized spacial score (nSPS) is 9.29. The summed E-state index contributed by atoms with van der Waals surface area (Å²) >= 11 is 0. The van der Waals surface area contributed by atoms with E-state index in [1.165, 1.54) is 0 Å². The van der Waals surface area contributed by atoms with Gasteiger partial charge in [0, 0.05) is 0 Å². The molecule has 4 heteroatoms. The number of hydrogen-bond donors (Lipinski definition) is 0. The van der Waals surface area contributed by atoms with Crippen molar-refractivity contribution in [2.75, 3.05) is 0 Å². The standard InChI is InChI=1S/C10H12O2.2Li/c1-6-4-7(2)9(10(11)12)8(3)5-6;;/h4-5,10H,1-3H3;;/q-2;2*+1. The van der Waals surface area contributed by atoms with Crippen LogP contribution in [0.15, 0.2) is 12.1 Å². The molecule has 0 aliphatic carbocycles. The van der Waals surface area contributed by atoms with Crippen LogP contribution in [0.4, 0.5) is 0 Å². The molecule has 2 nitrogen and oxygen atoms in total. The number of rotatable bonds is 1. The van der Waals surface area contributed by atoms with Crippen LogP contribution >= 0.6 is 0 Å². The smallest absolute Gasteiger partial charge is 0.862 e. The Labute approximate surface area is 109 Å². The summed E-state index contributed by atoms with van der Waals surface area (Å²) in [4.78, 5) is 0. The van der Waals surface area contributed by atoms with Crippen LogP contribution in [0.1, 0.15) is 28.5 Å². The van der Waals surface area contributed by atoms with Crippen LogP contribution in [0.25, 0.3) is 0 Å². The maximum atomic E-state index is 10.7. The van der Waals surface area contributed by atoms with Gasteiger partial charge >= 0.3 is 37.7 Å². The molecule has 0 fully saturated rings. The zero-order valence-corrected chi connectivity index (χ0v) is 9.55. The summed E-state index contributed by atoms with van der Waals surface area (Å²) in [5.74, 6) is 0. The molecule has 0 heterocycles. The van der Waals surface area contributed by atoms with Gasteiger partial charge in [0.25, 0.3) is 0 Å². The van der Waals surface area contributed by atoms with Crippen LogP contribution < -0.4 is 47.9 Å². The summed E-state index contributed by atoms with van der Waals surface area (Å²) in [5, 5.41) is 21.5. The van der Waals surface area contributed by atoms with Crippen molar-refractivity contribution in [3.8, 4) is 0 Å². The van der Waals surface area contributed by atoms with E-state index in [1.54, 1.807) is 13.8 Å². The van der Waals surface area contributed by atoms with Gasteiger partial charge in [-0.2, -0.15) is 6.29 Å². The molecule has 0 unspecified atom stereocenters. The Kier molecular flexibility index (Phi) is 8.08. The van der Waals surface area contributed by atoms with Crippen molar-refractivity contribution in [1.29, 1.82) is 0 Å². The van der Waals surface area contributed by atoms with Crippen LogP contribution in [0, 0.1) is 20.8 Å². The van der Waals surface area contributed by atoms with E-state index >= 15 is 0 Å². The van der Waals surface area contributed by atoms with Gasteiger partial charge in [0.1, 0.15) is 0 Å². The van der Waals surface area contributed by atoms with Gasteiger partial charge < -0.3 is 10.2 Å². The quantitative estimate of drug-likeness (QED) is 0.318. The summed E-state index contributed by atoms with van der Waals surface area (Å²) in [7, 11) is 0. The van der Waals surface area contributed by atoms with Gasteiger partial charge in [0.15, 0.2) is 0 Å². The summed E-state index contributed by atoms with van der Waals surface area (Å²) in [5.41, 5.74) is 3.11. The molecular weight excluding hydrogens is 166 g/mol. The van der Waals surface area contributed by atoms with E-state index in [0.717, 1.165) is 16.7 Å². The van der Waals surface area contributed by atoms with Crippen molar-refractivity contribution < 1.29 is 47.9 Å². The molecule has 14 heavy (non-hydrogen) atoms. The predicted molar refractivity (Wildman–Crippen MR) is 43.4 cm³/mol. The average molecular weight is 178 g/mol. The first-order chi connectivity index (χ1) is 5.52. The molecule has 0 spiro atoms. The summed E-state index contributed by atoms with van der Waals surface area (Å²) in [6.07, 6.45) is -1.86. The Bertz CT molecular complexity index is 275. The second-order valence-electron chi connectivity index (χ2n) is 3.14. The van der Waals surface area contributed by atoms with Gasteiger partial charge in [-0.1, -0.05) is 23.3 Å². The minimum atomic E-state index is -1.86. The Morgan fingerprint density at radius 2 is 1.29 bits per heavy atom. The first-order valence-corrected chi connectivity index (χ1v) is 3.91. The molecule has 1 aromatic carbocycles. The third kappa shape index (κ3) is 3.83. The monoisotopic (exact) mass is 178 g/mol. The van der Waals surface area contributed by atoms with Gasteiger partial charge in [0.05, 0.1) is 0 Å². The molecule has 1 aromatic rings. The van der Waals surface area contributed by atoms with Crippen molar-refractivity contribution >= 4 is 0 Å². The average Bonchev–Trinajstić information content (AvgIpc) is 1.82. The molecule has 0 aliphatic rings. The van der Waals surface area contributed by atoms with E-state index in [-0.39, 0.29) is 37.7 Å². The number of aryl methyl sites for hydroxylation is 3. The molecule has 66 valence electrons. The maximum Gasteiger partial charge on any atom is 1.00 e. The van der Waals surface area contributed by atoms with Crippen molar-refractivity contribution in [3.63, 3.8) is 0 Å². The number of benzene rings is 1. The summed E-state index contributed by atoms with van der Waals surface area (Å²) in [6.45, 7) is 5.56. The minimum absolute atomic E-state index is 0. The van der Waals surface area contributed by atoms with Crippen LogP contribution in [0.3, 0.4) is 0 Å². The van der Waals surface area contributed by atoms with Crippen LogP contribution in [0.5, 0.6) is 0 Å². The third-order valence-electron chi connectivity index (χ3n) is 1.97. The van der Waals surface area contributed by atoms with E-state index in [9.17, 15) is 10.2 Å². The van der Waals surface area contributed by atoms with Crippen LogP contribution in [0.2, 0.25) is 0 Å². The SMILES string of the molecule is Cc1cc(C)c(C([O-])[O-])c(C)c1.[Li+].[Li+]. The Balaban J connectivity index is 0. The molecule has 0 atom stereocenters. The van der Waals surface area contributed by atoms with Crippen molar-refractivity contribution in [3.05, 3.63) is 34.4 Å². The second kappa shape index (κ2) is 6.75. The van der Waals surface area contributed by atoms with E-state index in [2.05, 4.69) is 0 Å². The van der Waals surface area contributed by atoms with Crippen molar-refractivity contribution in [1.82, 2.24) is 0 Å². The Hall–Kier alpha value is 0.335. The fourth-order valence-electron chi connectivity index (χ4n) is 1.56. The summed E-state index contributed by atoms with van der Waals surface area (Å²) < 4.78 is 0. The van der Waals surface area contributed by atoms with Crippen LogP contribution in [-0.2, 0) is 0 Å². The second-order valence-corrected chi connectivity index (χ2v) is 3.14. The molecule has 0 aliphatic heterocycles. The van der Waals surface area contributed by atoms with Crippen LogP contribution in [-0.4, -0.2) is 0 Å². The molecule has 0 radical (unpaired) electrons. The van der Waals surface area contributed by atoms with Crippen molar-refractivity contribution in [2.45, 2.75) is 27.1 Å². The topological polar surface area (TPSA) is 46.1 Å². The molecule has 1 rings (SSSR count). The largest absolute Gasteiger partial charge is 1.00 e. The minimum Gasteiger partial charge on any atom is -0.862 e. The molecule has 0 saturated heterocycles. The van der Waals surface area contributed by atoms with Gasteiger partial charge in [-0.05, 0) is 31.9 Å². The van der Waals surface area contributed by atoms with Gasteiger partial charge in [-0.25, -0.2) is 0 Å². The number of hydrogen-bond acceptors (Lipinski definition) is 2. The van der Waals surface area contributed by atoms with Gasteiger partial charge in [0.2, 0.25) is 0 Å². The first-order valence-electron chi connectivity index (χ1n) is 3.91. The molecule has 0 saturated carbocycles. The van der Waals surface area contributed by atoms with Crippen molar-refractivity contribution in [2.24, 2.45) is 0 Å². The van der Waals surface area contributed by atoms with E-state index in [4.69, 9.17) is 0 Å². The Morgan fingerprint density at radius 3 is 1.57 bits per heavy atom. The molecule has 0 bridgehead atoms. The fraction of sp³-hybridized carbons (Fsp3) is 0.400. The molecule has 0 aromatic heterocycles. The summed E-state index contributed by atoms with van der Waals surface area (Å²) in [6, 6.07) is 3.73. The van der Waals surface area contributed by atoms with E-state index in [1.807, 2.05) is 19.1 Å². The van der Waals surface area contributed by atoms with Gasteiger partial charge in [-0.3, -0.25) is 0 Å². The van der Waals surface area contributed by atoms with E-state index in [0.29, 0.717) is 5.56 Å². The molecule has 0 amide bonds. The third-order valence-corrected chi connectivity index (χ3v) is 1.97. The first kappa shape index (κ1) is 16.8. The fourth-order valence-corrected chi connectivity index (χ4v) is 1.56. The zero-order chi connectivity index (χ0) is 9.30. The maximum absolute atomic E-state index is 10.7. The predicted octanol–water partition coefficient (Wildman–Crippen LogP) is -5.66.